The van der Waals surface area contributed by atoms with Gasteiger partial charge >= 0.3 is 5.97 Å². The molecule has 2 saturated heterocycles. The summed E-state index contributed by atoms with van der Waals surface area (Å²) in [5.41, 5.74) is -1.81. The lowest BCUT2D eigenvalue weighted by Crippen LogP contribution is -2.71. The number of methoxy groups -OCH3 is 2. The number of cyclic esters (lactones) is 1. The van der Waals surface area contributed by atoms with Crippen LogP contribution in [-0.4, -0.2) is 99.8 Å². The van der Waals surface area contributed by atoms with Gasteiger partial charge < -0.3 is 43.7 Å². The lowest BCUT2D eigenvalue weighted by molar-refractivity contribution is -0.403. The van der Waals surface area contributed by atoms with Crippen molar-refractivity contribution in [3.63, 3.8) is 0 Å². The minimum absolute atomic E-state index is 0.0935. The van der Waals surface area contributed by atoms with Gasteiger partial charge in [0.2, 0.25) is 0 Å². The molecule has 2 bridgehead atoms. The number of aliphatic hydroxyl groups is 3. The van der Waals surface area contributed by atoms with Crippen molar-refractivity contribution in [3.8, 4) is 11.8 Å². The quantitative estimate of drug-likeness (QED) is 0.119. The second kappa shape index (κ2) is 14.5. The fourth-order valence-electron chi connectivity index (χ4n) is 7.69. The molecular formula is C37H55ClO10. The summed E-state index contributed by atoms with van der Waals surface area (Å²) >= 11 is 6.27. The Bertz CT molecular complexity index is 1330. The number of esters is 1. The van der Waals surface area contributed by atoms with E-state index >= 15 is 0 Å². The summed E-state index contributed by atoms with van der Waals surface area (Å²) in [6.45, 7) is 14.4. The lowest BCUT2D eigenvalue weighted by Gasteiger charge is -2.55. The number of aliphatic hydroxyl groups excluding tert-OH is 1. The van der Waals surface area contributed by atoms with Crippen molar-refractivity contribution in [1.29, 1.82) is 0 Å². The van der Waals surface area contributed by atoms with Crippen molar-refractivity contribution in [3.05, 3.63) is 36.0 Å². The minimum Gasteiger partial charge on any atom is -0.455 e. The first-order chi connectivity index (χ1) is 22.2. The largest absolute Gasteiger partial charge is 0.455 e. The molecule has 1 saturated carbocycles. The normalized spacial score (nSPS) is 48.6. The first-order valence-corrected chi connectivity index (χ1v) is 17.2. The Labute approximate surface area is 290 Å². The molecule has 14 atom stereocenters. The zero-order valence-corrected chi connectivity index (χ0v) is 30.7. The van der Waals surface area contributed by atoms with E-state index in [1.165, 1.54) is 14.0 Å². The highest BCUT2D eigenvalue weighted by molar-refractivity contribution is 6.26. The second-order valence-electron chi connectivity index (χ2n) is 15.1. The van der Waals surface area contributed by atoms with Crippen molar-refractivity contribution in [2.24, 2.45) is 17.8 Å². The van der Waals surface area contributed by atoms with Crippen LogP contribution in [0.5, 0.6) is 0 Å². The van der Waals surface area contributed by atoms with Crippen LogP contribution in [0.4, 0.5) is 0 Å². The summed E-state index contributed by atoms with van der Waals surface area (Å²) in [7, 11) is 3.03. The highest BCUT2D eigenvalue weighted by atomic mass is 35.5. The standard InChI is InChI=1S/C37H55ClO10/c1-22-17-27(43-9)23(2)30-24(3)28(46-36(8)32(44-10)35(7,41)31(40)25(4)45-36)20-37(42,48-30)21-29(39)47-33(5,18-22)16-14-12-11-13-15-26-19-34(26,6)38/h11-12,14,16-17,23-28,30-32,40-42H,18-21H2,1-10H3. The third kappa shape index (κ3) is 8.56. The zero-order valence-electron chi connectivity index (χ0n) is 30.0. The molecule has 3 fully saturated rings. The second-order valence-corrected chi connectivity index (χ2v) is 16.0. The van der Waals surface area contributed by atoms with E-state index < -0.39 is 71.8 Å². The molecule has 11 heteroatoms. The van der Waals surface area contributed by atoms with E-state index in [4.69, 9.17) is 40.0 Å². The number of fused-ring (bicyclic) bond motifs is 2. The van der Waals surface area contributed by atoms with Crippen molar-refractivity contribution >= 4 is 17.6 Å². The first-order valence-electron chi connectivity index (χ1n) is 16.8. The molecule has 48 heavy (non-hydrogen) atoms. The predicted octanol–water partition coefficient (Wildman–Crippen LogP) is 4.57. The van der Waals surface area contributed by atoms with Gasteiger partial charge in [-0.25, -0.2) is 0 Å². The average molecular weight is 695 g/mol. The molecule has 14 unspecified atom stereocenters. The van der Waals surface area contributed by atoms with Gasteiger partial charge in [0.05, 0.1) is 35.7 Å². The molecule has 4 rings (SSSR count). The van der Waals surface area contributed by atoms with E-state index in [0.717, 1.165) is 12.0 Å². The van der Waals surface area contributed by atoms with Crippen LogP contribution in [0.3, 0.4) is 0 Å². The summed E-state index contributed by atoms with van der Waals surface area (Å²) in [5, 5.41) is 33.9. The molecule has 270 valence electrons. The number of alkyl halides is 1. The summed E-state index contributed by atoms with van der Waals surface area (Å²) < 4.78 is 36.8. The van der Waals surface area contributed by atoms with Gasteiger partial charge in [-0.3, -0.25) is 4.79 Å². The SMILES string of the molecule is COC1C=C(C)CC(C)(C=CC=CC#CC2CC2(C)Cl)OC(=O)CC2(O)CC(OC3(C)OC(C)C(O)C(C)(O)C3OC)C(C)C(O2)C1C. The smallest absolute Gasteiger partial charge is 0.312 e. The van der Waals surface area contributed by atoms with Crippen LogP contribution in [0.15, 0.2) is 36.0 Å². The highest BCUT2D eigenvalue weighted by Crippen LogP contribution is 2.48. The molecule has 0 radical (unpaired) electrons. The van der Waals surface area contributed by atoms with Gasteiger partial charge in [0.15, 0.2) is 11.6 Å². The Morgan fingerprint density at radius 1 is 1.00 bits per heavy atom. The van der Waals surface area contributed by atoms with E-state index in [-0.39, 0.29) is 29.0 Å². The van der Waals surface area contributed by atoms with Crippen molar-refractivity contribution in [1.82, 2.24) is 0 Å². The molecule has 0 aromatic carbocycles. The van der Waals surface area contributed by atoms with Gasteiger partial charge in [-0.2, -0.15) is 0 Å². The number of halogens is 1. The lowest BCUT2D eigenvalue weighted by atomic mass is 9.78. The van der Waals surface area contributed by atoms with E-state index in [1.54, 1.807) is 45.3 Å². The van der Waals surface area contributed by atoms with Gasteiger partial charge in [-0.15, -0.1) is 11.6 Å². The molecule has 3 heterocycles. The van der Waals surface area contributed by atoms with Crippen LogP contribution in [0.25, 0.3) is 0 Å². The molecular weight excluding hydrogens is 640 g/mol. The molecule has 0 amide bonds. The van der Waals surface area contributed by atoms with Gasteiger partial charge in [-0.05, 0) is 60.1 Å². The number of carbonyl (C=O) groups excluding carboxylic acids is 1. The number of carbonyl (C=O) groups is 1. The Kier molecular flexibility index (Phi) is 11.7. The molecule has 0 aromatic rings. The summed E-state index contributed by atoms with van der Waals surface area (Å²) in [4.78, 5) is 13.3. The topological polar surface area (TPSA) is 133 Å². The monoisotopic (exact) mass is 694 g/mol. The third-order valence-corrected chi connectivity index (χ3v) is 10.8. The summed E-state index contributed by atoms with van der Waals surface area (Å²) in [6, 6.07) is 0. The molecule has 0 aromatic heterocycles. The van der Waals surface area contributed by atoms with Crippen LogP contribution in [-0.2, 0) is 33.2 Å². The fraction of sp³-hybridized carbons (Fsp3) is 0.757. The molecule has 4 aliphatic rings. The van der Waals surface area contributed by atoms with Gasteiger partial charge in [-0.1, -0.05) is 49.5 Å². The van der Waals surface area contributed by atoms with Crippen LogP contribution < -0.4 is 0 Å². The third-order valence-electron chi connectivity index (χ3n) is 10.4. The summed E-state index contributed by atoms with van der Waals surface area (Å²) in [6.07, 6.45) is 5.01. The molecule has 3 aliphatic heterocycles. The predicted molar refractivity (Wildman–Crippen MR) is 181 cm³/mol. The molecule has 1 aliphatic carbocycles. The number of rotatable bonds is 6. The van der Waals surface area contributed by atoms with Crippen LogP contribution in [0.1, 0.15) is 81.1 Å². The van der Waals surface area contributed by atoms with E-state index in [9.17, 15) is 20.1 Å². The molecule has 10 nitrogen and oxygen atoms in total. The molecule has 3 N–H and O–H groups in total. The fourth-order valence-corrected chi connectivity index (χ4v) is 7.90. The van der Waals surface area contributed by atoms with Gasteiger partial charge in [0, 0.05) is 44.8 Å². The van der Waals surface area contributed by atoms with Crippen LogP contribution >= 0.6 is 11.6 Å². The zero-order chi connectivity index (χ0) is 35.9. The van der Waals surface area contributed by atoms with Gasteiger partial charge in [0.25, 0.3) is 0 Å². The van der Waals surface area contributed by atoms with Crippen molar-refractivity contribution in [2.75, 3.05) is 14.2 Å². The Morgan fingerprint density at radius 2 is 1.67 bits per heavy atom. The van der Waals surface area contributed by atoms with E-state index in [2.05, 4.69) is 11.8 Å². The van der Waals surface area contributed by atoms with Gasteiger partial charge in [0.1, 0.15) is 23.4 Å². The number of allylic oxidation sites excluding steroid dienone is 3. The Morgan fingerprint density at radius 3 is 2.27 bits per heavy atom. The maximum Gasteiger partial charge on any atom is 0.312 e. The minimum atomic E-state index is -1.95. The van der Waals surface area contributed by atoms with E-state index in [0.29, 0.717) is 6.42 Å². The van der Waals surface area contributed by atoms with Crippen LogP contribution in [0, 0.1) is 29.6 Å². The number of hydrogen-bond acceptors (Lipinski definition) is 10. The van der Waals surface area contributed by atoms with Crippen molar-refractivity contribution < 1.29 is 48.5 Å². The Hall–Kier alpha value is -1.78. The average Bonchev–Trinajstić information content (AvgIpc) is 3.58. The number of ether oxygens (including phenoxy) is 6. The van der Waals surface area contributed by atoms with E-state index in [1.807, 2.05) is 40.7 Å². The summed E-state index contributed by atoms with van der Waals surface area (Å²) in [5.74, 6) is 1.63. The van der Waals surface area contributed by atoms with Crippen molar-refractivity contribution in [2.45, 2.75) is 145 Å². The number of hydrogen-bond donors (Lipinski definition) is 3. The maximum atomic E-state index is 13.6. The van der Waals surface area contributed by atoms with Crippen LogP contribution in [0.2, 0.25) is 0 Å². The highest BCUT2D eigenvalue weighted by Gasteiger charge is 2.61. The first kappa shape index (κ1) is 39.0. The Balaban J connectivity index is 1.63. The maximum absolute atomic E-state index is 13.6. The molecule has 0 spiro atoms.